The average Bonchev–Trinajstić information content (AvgIpc) is 4.13. The molecule has 0 amide bonds. The summed E-state index contributed by atoms with van der Waals surface area (Å²) in [4.78, 5) is 0. The summed E-state index contributed by atoms with van der Waals surface area (Å²) in [5.74, 6) is 1.66. The molecular formula is C59H44N6. The number of hydrogen-bond acceptors (Lipinski definition) is 2. The van der Waals surface area contributed by atoms with Gasteiger partial charge in [0.2, 0.25) is 0 Å². The van der Waals surface area contributed by atoms with Crippen LogP contribution in [0.3, 0.4) is 0 Å². The van der Waals surface area contributed by atoms with Gasteiger partial charge in [-0.3, -0.25) is 4.57 Å². The number of aryl methyl sites for hydroxylation is 2. The molecule has 1 aliphatic rings. The van der Waals surface area contributed by atoms with E-state index >= 15 is 0 Å². The van der Waals surface area contributed by atoms with Crippen molar-refractivity contribution in [1.82, 2.24) is 28.5 Å². The molecule has 0 saturated heterocycles. The van der Waals surface area contributed by atoms with Gasteiger partial charge in [-0.25, -0.2) is 0 Å². The second-order valence-corrected chi connectivity index (χ2v) is 17.3. The van der Waals surface area contributed by atoms with Gasteiger partial charge < -0.3 is 13.7 Å². The molecule has 310 valence electrons. The lowest BCUT2D eigenvalue weighted by Gasteiger charge is -2.14. The summed E-state index contributed by atoms with van der Waals surface area (Å²) >= 11 is 0. The van der Waals surface area contributed by atoms with E-state index in [1.807, 2.05) is 12.1 Å². The maximum Gasteiger partial charge on any atom is 0.168 e. The zero-order valence-electron chi connectivity index (χ0n) is 35.8. The molecule has 0 spiro atoms. The second kappa shape index (κ2) is 15.2. The molecule has 12 aromatic rings. The Labute approximate surface area is 376 Å². The van der Waals surface area contributed by atoms with Crippen LogP contribution < -0.4 is 0 Å². The molecule has 0 aliphatic heterocycles. The highest BCUT2D eigenvalue weighted by Crippen LogP contribution is 2.39. The third-order valence-corrected chi connectivity index (χ3v) is 13.5. The molecule has 0 N–H and O–H groups in total. The highest BCUT2D eigenvalue weighted by atomic mass is 15.3. The lowest BCUT2D eigenvalue weighted by molar-refractivity contribution is 0.678. The minimum absolute atomic E-state index is 0.828. The maximum absolute atomic E-state index is 4.69. The summed E-state index contributed by atoms with van der Waals surface area (Å²) in [6, 6.07) is 70.3. The quantitative estimate of drug-likeness (QED) is 0.145. The van der Waals surface area contributed by atoms with Crippen molar-refractivity contribution in [1.29, 1.82) is 0 Å². The molecule has 8 aromatic carbocycles. The molecule has 6 heteroatoms. The van der Waals surface area contributed by atoms with Crippen molar-refractivity contribution in [2.24, 2.45) is 0 Å². The molecule has 6 nitrogen and oxygen atoms in total. The van der Waals surface area contributed by atoms with E-state index < -0.39 is 0 Å². The summed E-state index contributed by atoms with van der Waals surface area (Å²) in [7, 11) is 0. The standard InChI is InChI=1S/C59H44N6/c1-3-17-41(18-4-1)58-60-61-59(42-19-5-2-6-20-42)65(58)43-31-29-40(30-32-43)16-15-37-62-52-35-33-44(63-54-25-11-7-21-46(54)47-22-8-12-26-55(47)63)38-50(52)51-39-45(34-36-53(51)62)64-56-27-13-9-23-48(56)49-24-10-14-28-57(49)64/h1-13,17-27,29-36,38-39H,14-16,28,37H2. The van der Waals surface area contributed by atoms with Gasteiger partial charge in [-0.05, 0) is 98.0 Å². The first kappa shape index (κ1) is 37.3. The first-order chi connectivity index (χ1) is 32.3. The van der Waals surface area contributed by atoms with Crippen LogP contribution in [0, 0.1) is 0 Å². The average molecular weight is 837 g/mol. The summed E-state index contributed by atoms with van der Waals surface area (Å²) in [5.41, 5.74) is 15.8. The van der Waals surface area contributed by atoms with Gasteiger partial charge in [0.05, 0.1) is 16.6 Å². The number of para-hydroxylation sites is 3. The van der Waals surface area contributed by atoms with Crippen molar-refractivity contribution in [3.63, 3.8) is 0 Å². The summed E-state index contributed by atoms with van der Waals surface area (Å²) in [6.07, 6.45) is 8.68. The van der Waals surface area contributed by atoms with Gasteiger partial charge in [0.15, 0.2) is 11.6 Å². The van der Waals surface area contributed by atoms with Gasteiger partial charge in [-0.2, -0.15) is 0 Å². The van der Waals surface area contributed by atoms with E-state index in [9.17, 15) is 0 Å². The Kier molecular flexibility index (Phi) is 8.76. The van der Waals surface area contributed by atoms with E-state index in [2.05, 4.69) is 212 Å². The summed E-state index contributed by atoms with van der Waals surface area (Å²) in [5, 5.41) is 15.8. The predicted molar refractivity (Wildman–Crippen MR) is 269 cm³/mol. The monoisotopic (exact) mass is 836 g/mol. The van der Waals surface area contributed by atoms with Crippen LogP contribution in [-0.2, 0) is 19.4 Å². The molecule has 65 heavy (non-hydrogen) atoms. The van der Waals surface area contributed by atoms with Gasteiger partial charge in [-0.15, -0.1) is 10.2 Å². The SMILES string of the molecule is C1=Cc2c(n(-c3ccc4c(c3)c3cc(-n5c6ccccc6c6ccccc65)ccc3n4CCCc3ccc(-n4c(-c5ccccc5)nnc4-c4ccccc4)cc3)c3ccccc23)CC1. The van der Waals surface area contributed by atoms with E-state index in [-0.39, 0.29) is 0 Å². The normalized spacial score (nSPS) is 12.6. The van der Waals surface area contributed by atoms with Crippen LogP contribution in [0.15, 0.2) is 200 Å². The number of rotatable bonds is 9. The van der Waals surface area contributed by atoms with Crippen LogP contribution in [0.4, 0.5) is 0 Å². The fraction of sp³-hybridized carbons (Fsp3) is 0.0847. The molecule has 4 heterocycles. The lowest BCUT2D eigenvalue weighted by Crippen LogP contribution is -2.03. The minimum atomic E-state index is 0.828. The van der Waals surface area contributed by atoms with Crippen LogP contribution in [0.2, 0.25) is 0 Å². The zero-order valence-corrected chi connectivity index (χ0v) is 35.8. The van der Waals surface area contributed by atoms with Crippen LogP contribution >= 0.6 is 0 Å². The Hall–Kier alpha value is -8.22. The van der Waals surface area contributed by atoms with Crippen LogP contribution in [0.1, 0.15) is 29.7 Å². The van der Waals surface area contributed by atoms with E-state index in [4.69, 9.17) is 10.2 Å². The molecule has 0 atom stereocenters. The van der Waals surface area contributed by atoms with E-state index in [1.165, 1.54) is 82.7 Å². The fourth-order valence-electron chi connectivity index (χ4n) is 10.6. The molecular weight excluding hydrogens is 793 g/mol. The Morgan fingerprint density at radius 1 is 0.415 bits per heavy atom. The van der Waals surface area contributed by atoms with Gasteiger partial charge in [-0.1, -0.05) is 140 Å². The predicted octanol–water partition coefficient (Wildman–Crippen LogP) is 14.3. The molecule has 13 rings (SSSR count). The summed E-state index contributed by atoms with van der Waals surface area (Å²) in [6.45, 7) is 0.893. The lowest BCUT2D eigenvalue weighted by atomic mass is 10.0. The topological polar surface area (TPSA) is 45.5 Å². The van der Waals surface area contributed by atoms with Crippen LogP contribution in [0.5, 0.6) is 0 Å². The Balaban J connectivity index is 0.891. The molecule has 0 unspecified atom stereocenters. The first-order valence-corrected chi connectivity index (χ1v) is 22.8. The van der Waals surface area contributed by atoms with Crippen molar-refractivity contribution >= 4 is 60.6 Å². The number of benzene rings is 8. The number of hydrogen-bond donors (Lipinski definition) is 0. The van der Waals surface area contributed by atoms with Crippen molar-refractivity contribution in [3.8, 4) is 39.8 Å². The highest BCUT2D eigenvalue weighted by molar-refractivity contribution is 6.12. The Morgan fingerprint density at radius 3 is 1.52 bits per heavy atom. The van der Waals surface area contributed by atoms with Gasteiger partial charge in [0.1, 0.15) is 0 Å². The second-order valence-electron chi connectivity index (χ2n) is 17.3. The van der Waals surface area contributed by atoms with Gasteiger partial charge in [0, 0.05) is 84.0 Å². The van der Waals surface area contributed by atoms with Crippen molar-refractivity contribution in [3.05, 3.63) is 217 Å². The summed E-state index contributed by atoms with van der Waals surface area (Å²) < 4.78 is 9.69. The van der Waals surface area contributed by atoms with Crippen molar-refractivity contribution in [2.75, 3.05) is 0 Å². The van der Waals surface area contributed by atoms with Crippen molar-refractivity contribution in [2.45, 2.75) is 32.2 Å². The smallest absolute Gasteiger partial charge is 0.168 e. The third kappa shape index (κ3) is 6.09. The zero-order chi connectivity index (χ0) is 42.8. The Morgan fingerprint density at radius 2 is 0.923 bits per heavy atom. The first-order valence-electron chi connectivity index (χ1n) is 22.8. The minimum Gasteiger partial charge on any atom is -0.340 e. The molecule has 0 radical (unpaired) electrons. The molecule has 0 saturated carbocycles. The van der Waals surface area contributed by atoms with E-state index in [0.717, 1.165) is 60.7 Å². The van der Waals surface area contributed by atoms with E-state index in [0.29, 0.717) is 0 Å². The number of nitrogens with zero attached hydrogens (tertiary/aromatic N) is 6. The fourth-order valence-corrected chi connectivity index (χ4v) is 10.6. The van der Waals surface area contributed by atoms with Gasteiger partial charge in [0.25, 0.3) is 0 Å². The largest absolute Gasteiger partial charge is 0.340 e. The molecule has 0 fully saturated rings. The number of aromatic nitrogens is 6. The maximum atomic E-state index is 4.69. The third-order valence-electron chi connectivity index (χ3n) is 13.5. The van der Waals surface area contributed by atoms with Gasteiger partial charge >= 0.3 is 0 Å². The molecule has 0 bridgehead atoms. The Bertz CT molecular complexity index is 3680. The van der Waals surface area contributed by atoms with Crippen LogP contribution in [-0.4, -0.2) is 28.5 Å². The number of fused-ring (bicyclic) bond motifs is 9. The number of allylic oxidation sites excluding steroid dienone is 1. The van der Waals surface area contributed by atoms with E-state index in [1.54, 1.807) is 0 Å². The molecule has 4 aromatic heterocycles. The van der Waals surface area contributed by atoms with Crippen molar-refractivity contribution < 1.29 is 0 Å². The molecule has 1 aliphatic carbocycles. The highest BCUT2D eigenvalue weighted by Gasteiger charge is 2.22. The van der Waals surface area contributed by atoms with Crippen LogP contribution in [0.25, 0.3) is 100 Å².